The summed E-state index contributed by atoms with van der Waals surface area (Å²) in [5.74, 6) is 1.81. The molecule has 8 heteroatoms. The summed E-state index contributed by atoms with van der Waals surface area (Å²) >= 11 is 0. The lowest BCUT2D eigenvalue weighted by atomic mass is 9.84. The van der Waals surface area contributed by atoms with Crippen molar-refractivity contribution in [3.63, 3.8) is 0 Å². The molecule has 2 aromatic heterocycles. The van der Waals surface area contributed by atoms with Crippen LogP contribution in [-0.4, -0.2) is 29.1 Å². The summed E-state index contributed by atoms with van der Waals surface area (Å²) < 4.78 is 25.1. The Labute approximate surface area is 262 Å². The Morgan fingerprint density at radius 1 is 0.867 bits per heavy atom. The number of nitrogens with two attached hydrogens (primary N) is 1. The topological polar surface area (TPSA) is 99.4 Å². The number of nitrogen functional groups attached to an aromatic ring is 1. The molecule has 7 rings (SSSR count). The minimum absolute atomic E-state index is 0.00663. The van der Waals surface area contributed by atoms with Gasteiger partial charge in [-0.1, -0.05) is 26.0 Å². The lowest BCUT2D eigenvalue weighted by Gasteiger charge is -2.17. The summed E-state index contributed by atoms with van der Waals surface area (Å²) in [6.07, 6.45) is 4.45. The molecule has 0 saturated heterocycles. The van der Waals surface area contributed by atoms with Gasteiger partial charge < -0.3 is 20.5 Å². The fourth-order valence-corrected chi connectivity index (χ4v) is 5.64. The largest absolute Gasteiger partial charge is 0.493 e. The van der Waals surface area contributed by atoms with Crippen LogP contribution in [0.4, 0.5) is 16.0 Å². The molecule has 1 amide bonds. The summed E-state index contributed by atoms with van der Waals surface area (Å²) in [4.78, 5) is 20.6. The quantitative estimate of drug-likeness (QED) is 0.219. The number of nitrogens with zero attached hydrogens (tertiary/aromatic N) is 2. The predicted octanol–water partition coefficient (Wildman–Crippen LogP) is 7.69. The maximum atomic E-state index is 13.7. The summed E-state index contributed by atoms with van der Waals surface area (Å²) in [7, 11) is 0. The first-order chi connectivity index (χ1) is 21.6. The van der Waals surface area contributed by atoms with Gasteiger partial charge in [-0.3, -0.25) is 4.79 Å². The van der Waals surface area contributed by atoms with Crippen LogP contribution in [0.1, 0.15) is 46.5 Å². The van der Waals surface area contributed by atoms with Crippen molar-refractivity contribution in [3.05, 3.63) is 119 Å². The molecule has 7 nitrogen and oxygen atoms in total. The minimum atomic E-state index is -0.558. The van der Waals surface area contributed by atoms with Crippen LogP contribution < -0.4 is 20.5 Å². The van der Waals surface area contributed by atoms with Gasteiger partial charge in [-0.2, -0.15) is 0 Å². The van der Waals surface area contributed by atoms with Gasteiger partial charge in [0.15, 0.2) is 0 Å². The van der Waals surface area contributed by atoms with Gasteiger partial charge in [-0.05, 0) is 102 Å². The van der Waals surface area contributed by atoms with E-state index in [4.69, 9.17) is 15.2 Å². The number of aryl methyl sites for hydroxylation is 2. The number of ether oxygens (including phenoxy) is 2. The average Bonchev–Trinajstić information content (AvgIpc) is 3.60. The van der Waals surface area contributed by atoms with E-state index in [1.54, 1.807) is 24.4 Å². The fraction of sp³-hybridized carbons (Fsp3) is 0.216. The lowest BCUT2D eigenvalue weighted by Crippen LogP contribution is -2.18. The van der Waals surface area contributed by atoms with E-state index in [1.165, 1.54) is 34.4 Å². The van der Waals surface area contributed by atoms with Crippen LogP contribution in [0.5, 0.6) is 11.5 Å². The van der Waals surface area contributed by atoms with Crippen LogP contribution in [-0.2, 0) is 11.8 Å². The van der Waals surface area contributed by atoms with Gasteiger partial charge in [-0.15, -0.1) is 0 Å². The maximum Gasteiger partial charge on any atom is 0.259 e. The highest BCUT2D eigenvalue weighted by Crippen LogP contribution is 2.42. The van der Waals surface area contributed by atoms with Gasteiger partial charge in [0.2, 0.25) is 0 Å². The minimum Gasteiger partial charge on any atom is -0.493 e. The van der Waals surface area contributed by atoms with E-state index >= 15 is 0 Å². The molecule has 228 valence electrons. The molecule has 0 spiro atoms. The number of carbonyl (C=O) groups excluding carboxylic acids is 1. The molecule has 0 bridgehead atoms. The molecule has 45 heavy (non-hydrogen) atoms. The van der Waals surface area contributed by atoms with Crippen molar-refractivity contribution >= 4 is 17.5 Å². The summed E-state index contributed by atoms with van der Waals surface area (Å²) in [6, 6.07) is 21.9. The number of pyridine rings is 2. The van der Waals surface area contributed by atoms with Crippen LogP contribution in [0.25, 0.3) is 22.3 Å². The van der Waals surface area contributed by atoms with Crippen LogP contribution in [0.3, 0.4) is 0 Å². The van der Waals surface area contributed by atoms with E-state index in [2.05, 4.69) is 54.3 Å². The number of anilines is 2. The van der Waals surface area contributed by atoms with Gasteiger partial charge in [-0.25, -0.2) is 14.4 Å². The number of halogens is 1. The van der Waals surface area contributed by atoms with E-state index in [1.807, 2.05) is 37.4 Å². The summed E-state index contributed by atoms with van der Waals surface area (Å²) in [6.45, 7) is 10.0. The van der Waals surface area contributed by atoms with E-state index in [-0.39, 0.29) is 11.0 Å². The summed E-state index contributed by atoms with van der Waals surface area (Å²) in [5, 5.41) is 2.62. The molecule has 0 radical (unpaired) electrons. The average molecular weight is 603 g/mol. The highest BCUT2D eigenvalue weighted by Gasteiger charge is 2.32. The normalized spacial score (nSPS) is 13.9. The van der Waals surface area contributed by atoms with Gasteiger partial charge in [0.1, 0.15) is 29.0 Å². The third-order valence-electron chi connectivity index (χ3n) is 8.21. The molecule has 2 aliphatic rings. The van der Waals surface area contributed by atoms with Crippen molar-refractivity contribution in [2.24, 2.45) is 0 Å². The monoisotopic (exact) mass is 602 g/mol. The smallest absolute Gasteiger partial charge is 0.259 e. The molecular weight excluding hydrogens is 567 g/mol. The number of rotatable bonds is 4. The van der Waals surface area contributed by atoms with Gasteiger partial charge in [0.05, 0.1) is 18.8 Å². The number of nitrogens with one attached hydrogen (secondary N) is 1. The van der Waals surface area contributed by atoms with Crippen molar-refractivity contribution in [1.29, 1.82) is 0 Å². The predicted molar refractivity (Wildman–Crippen MR) is 175 cm³/mol. The van der Waals surface area contributed by atoms with Crippen LogP contribution in [0.2, 0.25) is 0 Å². The van der Waals surface area contributed by atoms with Crippen LogP contribution in [0, 0.1) is 19.7 Å². The Kier molecular flexibility index (Phi) is 7.97. The molecule has 0 saturated carbocycles. The third-order valence-corrected chi connectivity index (χ3v) is 8.21. The van der Waals surface area contributed by atoms with Crippen molar-refractivity contribution in [3.8, 4) is 33.8 Å². The second-order valence-electron chi connectivity index (χ2n) is 12.0. The Balaban J connectivity index is 0.000000167. The Hall–Kier alpha value is -5.24. The van der Waals surface area contributed by atoms with E-state index in [9.17, 15) is 9.18 Å². The molecule has 0 atom stereocenters. The van der Waals surface area contributed by atoms with Crippen LogP contribution in [0.15, 0.2) is 85.2 Å². The first kappa shape index (κ1) is 29.8. The number of amides is 1. The lowest BCUT2D eigenvalue weighted by molar-refractivity contribution is 0.102. The number of aromatic nitrogens is 2. The Morgan fingerprint density at radius 2 is 1.56 bits per heavy atom. The number of hydrogen-bond donors (Lipinski definition) is 2. The van der Waals surface area contributed by atoms with Crippen molar-refractivity contribution in [2.75, 3.05) is 24.3 Å². The molecular formula is C37H35FN4O3. The van der Waals surface area contributed by atoms with Gasteiger partial charge in [0, 0.05) is 40.9 Å². The molecule has 2 aliphatic heterocycles. The summed E-state index contributed by atoms with van der Waals surface area (Å²) in [5.41, 5.74) is 14.8. The first-order valence-corrected chi connectivity index (χ1v) is 14.9. The SMILES string of the molecule is Cc1cc2c(cc1-c1ccc(N)nc1)C(C)(C)CO2.Cc1cc2c(cc1-c1ccc(NC(=O)c3ccccc3F)nc1)CCO2. The zero-order chi connectivity index (χ0) is 31.7. The van der Waals surface area contributed by atoms with Crippen molar-refractivity contribution in [2.45, 2.75) is 39.5 Å². The molecule has 0 fully saturated rings. The van der Waals surface area contributed by atoms with Gasteiger partial charge in [0.25, 0.3) is 5.91 Å². The fourth-order valence-electron chi connectivity index (χ4n) is 5.64. The Morgan fingerprint density at radius 3 is 2.24 bits per heavy atom. The molecule has 3 N–H and O–H groups in total. The van der Waals surface area contributed by atoms with Crippen LogP contribution >= 0.6 is 0 Å². The first-order valence-electron chi connectivity index (χ1n) is 14.9. The van der Waals surface area contributed by atoms with Gasteiger partial charge >= 0.3 is 0 Å². The molecule has 0 aliphatic carbocycles. The second-order valence-corrected chi connectivity index (χ2v) is 12.0. The number of carbonyl (C=O) groups is 1. The Bertz CT molecular complexity index is 1890. The van der Waals surface area contributed by atoms with Crippen molar-refractivity contribution in [1.82, 2.24) is 9.97 Å². The van der Waals surface area contributed by atoms with E-state index in [0.29, 0.717) is 11.6 Å². The van der Waals surface area contributed by atoms with E-state index in [0.717, 1.165) is 53.4 Å². The molecule has 0 unspecified atom stereocenters. The number of benzene rings is 3. The van der Waals surface area contributed by atoms with Crippen molar-refractivity contribution < 1.29 is 18.7 Å². The molecule has 5 aromatic rings. The zero-order valence-corrected chi connectivity index (χ0v) is 25.8. The number of fused-ring (bicyclic) bond motifs is 2. The second kappa shape index (κ2) is 12.0. The standard InChI is InChI=1S/C21H17FN2O2.C16H18N2O/c1-13-10-19-14(8-9-26-19)11-17(13)15-6-7-20(23-12-15)24-21(25)16-4-2-3-5-18(16)22;1-10-6-14-13(16(2,3)9-19-14)7-12(10)11-4-5-15(17)18-8-11/h2-7,10-12H,8-9H2,1H3,(H,23,24,25);4-8H,9H2,1-3H3,(H2,17,18). The maximum absolute atomic E-state index is 13.7. The highest BCUT2D eigenvalue weighted by atomic mass is 19.1. The third kappa shape index (κ3) is 6.22. The molecule has 4 heterocycles. The van der Waals surface area contributed by atoms with E-state index < -0.39 is 11.7 Å². The number of hydrogen-bond acceptors (Lipinski definition) is 6. The zero-order valence-electron chi connectivity index (χ0n) is 25.8. The molecule has 3 aromatic carbocycles. The highest BCUT2D eigenvalue weighted by molar-refractivity contribution is 6.04.